The number of fused-ring (bicyclic) bond motifs is 1. The molecule has 0 saturated heterocycles. The van der Waals surface area contributed by atoms with Gasteiger partial charge in [0.1, 0.15) is 11.3 Å². The summed E-state index contributed by atoms with van der Waals surface area (Å²) in [6.07, 6.45) is 5.57. The predicted molar refractivity (Wildman–Crippen MR) is 118 cm³/mol. The van der Waals surface area contributed by atoms with E-state index >= 15 is 0 Å². The second-order valence-electron chi connectivity index (χ2n) is 8.67. The first-order valence-electron chi connectivity index (χ1n) is 10.9. The van der Waals surface area contributed by atoms with Crippen LogP contribution in [0.1, 0.15) is 55.9 Å². The van der Waals surface area contributed by atoms with Crippen LogP contribution >= 0.6 is 0 Å². The molecular formula is C26H31NO2. The van der Waals surface area contributed by atoms with Crippen LogP contribution in [0.3, 0.4) is 0 Å². The molecule has 1 fully saturated rings. The molecule has 2 atom stereocenters. The molecule has 2 aromatic carbocycles. The average molecular weight is 390 g/mol. The molecule has 1 aliphatic rings. The van der Waals surface area contributed by atoms with Crippen LogP contribution < -0.4 is 5.32 Å². The fourth-order valence-corrected chi connectivity index (χ4v) is 4.15. The Morgan fingerprint density at radius 3 is 2.66 bits per heavy atom. The van der Waals surface area contributed by atoms with E-state index < -0.39 is 0 Å². The normalized spacial score (nSPS) is 18.3. The first-order chi connectivity index (χ1) is 14.1. The highest BCUT2D eigenvalue weighted by Gasteiger charge is 2.39. The Morgan fingerprint density at radius 1 is 1.07 bits per heavy atom. The Balaban J connectivity index is 1.33. The molecule has 0 unspecified atom stereocenters. The van der Waals surface area contributed by atoms with Crippen molar-refractivity contribution in [1.29, 1.82) is 0 Å². The van der Waals surface area contributed by atoms with Gasteiger partial charge in [-0.15, -0.1) is 0 Å². The van der Waals surface area contributed by atoms with Crippen molar-refractivity contribution in [1.82, 2.24) is 5.32 Å². The van der Waals surface area contributed by atoms with Gasteiger partial charge in [-0.1, -0.05) is 56.3 Å². The molecule has 1 saturated carbocycles. The lowest BCUT2D eigenvalue weighted by Crippen LogP contribution is -2.29. The maximum atomic E-state index is 11.8. The number of aryl methyl sites for hydroxylation is 2. The van der Waals surface area contributed by atoms with E-state index in [-0.39, 0.29) is 11.8 Å². The zero-order chi connectivity index (χ0) is 20.2. The lowest BCUT2D eigenvalue weighted by atomic mass is 10.0. The topological polar surface area (TPSA) is 42.2 Å². The van der Waals surface area contributed by atoms with Crippen LogP contribution in [0.15, 0.2) is 59.0 Å². The van der Waals surface area contributed by atoms with Crippen molar-refractivity contribution in [3.05, 3.63) is 71.5 Å². The predicted octanol–water partition coefficient (Wildman–Crippen LogP) is 5.87. The minimum absolute atomic E-state index is 0.0500. The molecule has 29 heavy (non-hydrogen) atoms. The van der Waals surface area contributed by atoms with Gasteiger partial charge in [-0.05, 0) is 60.8 Å². The molecule has 1 N–H and O–H groups in total. The Bertz CT molecular complexity index is 957. The van der Waals surface area contributed by atoms with Crippen LogP contribution in [0.2, 0.25) is 0 Å². The molecule has 1 amide bonds. The highest BCUT2D eigenvalue weighted by molar-refractivity contribution is 5.83. The Hall–Kier alpha value is -2.55. The van der Waals surface area contributed by atoms with Gasteiger partial charge in [0, 0.05) is 24.3 Å². The van der Waals surface area contributed by atoms with Gasteiger partial charge >= 0.3 is 0 Å². The number of benzene rings is 2. The molecule has 152 valence electrons. The second kappa shape index (κ2) is 8.86. The van der Waals surface area contributed by atoms with Crippen LogP contribution in [-0.2, 0) is 17.6 Å². The molecule has 1 heterocycles. The van der Waals surface area contributed by atoms with Gasteiger partial charge in [0.05, 0.1) is 0 Å². The van der Waals surface area contributed by atoms with E-state index in [1.54, 1.807) is 0 Å². The largest absolute Gasteiger partial charge is 0.461 e. The van der Waals surface area contributed by atoms with Gasteiger partial charge in [0.2, 0.25) is 5.91 Å². The number of unbranched alkanes of at least 4 members (excludes halogenated alkanes) is 1. The number of carbonyl (C=O) groups is 1. The van der Waals surface area contributed by atoms with Gasteiger partial charge in [0.25, 0.3) is 0 Å². The van der Waals surface area contributed by atoms with Crippen molar-refractivity contribution in [2.24, 2.45) is 11.8 Å². The summed E-state index contributed by atoms with van der Waals surface area (Å²) in [7, 11) is 0. The smallest absolute Gasteiger partial charge is 0.222 e. The number of carbonyl (C=O) groups excluding carboxylic acids is 1. The third-order valence-electron chi connectivity index (χ3n) is 6.01. The number of nitrogens with one attached hydrogen (secondary N) is 1. The standard InChI is InChI=1S/C26H31NO2/c1-18(2)26(28)27-17-20-15-23(20)22-13-8-14-25-24(22)16-21(29-25)12-7-6-11-19-9-4-3-5-10-19/h3-5,8-10,13-14,16,18,20,23H,6-7,11-12,15,17H2,1-2H3,(H,27,28)/t20-,23+/m0/s1. The van der Waals surface area contributed by atoms with E-state index in [0.717, 1.165) is 43.6 Å². The third kappa shape index (κ3) is 4.90. The molecule has 0 spiro atoms. The van der Waals surface area contributed by atoms with E-state index in [1.807, 2.05) is 13.8 Å². The summed E-state index contributed by atoms with van der Waals surface area (Å²) in [5, 5.41) is 4.34. The Morgan fingerprint density at radius 2 is 1.86 bits per heavy atom. The van der Waals surface area contributed by atoms with Gasteiger partial charge in [-0.2, -0.15) is 0 Å². The molecule has 1 aromatic heterocycles. The maximum absolute atomic E-state index is 11.8. The van der Waals surface area contributed by atoms with Crippen LogP contribution in [0.4, 0.5) is 0 Å². The van der Waals surface area contributed by atoms with Crippen LogP contribution in [0, 0.1) is 11.8 Å². The van der Waals surface area contributed by atoms with Crippen molar-refractivity contribution in [2.75, 3.05) is 6.54 Å². The van der Waals surface area contributed by atoms with Crippen molar-refractivity contribution in [3.63, 3.8) is 0 Å². The highest BCUT2D eigenvalue weighted by atomic mass is 16.3. The zero-order valence-electron chi connectivity index (χ0n) is 17.5. The number of rotatable bonds is 9. The molecule has 0 radical (unpaired) electrons. The molecule has 4 rings (SSSR count). The summed E-state index contributed by atoms with van der Waals surface area (Å²) in [6.45, 7) is 4.66. The van der Waals surface area contributed by atoms with E-state index in [4.69, 9.17) is 4.42 Å². The number of amides is 1. The van der Waals surface area contributed by atoms with E-state index in [1.165, 1.54) is 22.9 Å². The summed E-state index contributed by atoms with van der Waals surface area (Å²) in [4.78, 5) is 11.8. The van der Waals surface area contributed by atoms with Gasteiger partial charge < -0.3 is 9.73 Å². The van der Waals surface area contributed by atoms with Crippen molar-refractivity contribution in [3.8, 4) is 0 Å². The molecule has 3 nitrogen and oxygen atoms in total. The van der Waals surface area contributed by atoms with Crippen LogP contribution in [-0.4, -0.2) is 12.5 Å². The second-order valence-corrected chi connectivity index (χ2v) is 8.67. The van der Waals surface area contributed by atoms with E-state index in [9.17, 15) is 4.79 Å². The number of furan rings is 1. The first kappa shape index (κ1) is 19.8. The number of hydrogen-bond donors (Lipinski definition) is 1. The van der Waals surface area contributed by atoms with Gasteiger partial charge in [0.15, 0.2) is 0 Å². The van der Waals surface area contributed by atoms with Crippen LogP contribution in [0.5, 0.6) is 0 Å². The highest BCUT2D eigenvalue weighted by Crippen LogP contribution is 2.49. The fourth-order valence-electron chi connectivity index (χ4n) is 4.15. The SMILES string of the molecule is CC(C)C(=O)NC[C@@H]1C[C@H]1c1cccc2oc(CCCCc3ccccc3)cc12. The minimum Gasteiger partial charge on any atom is -0.461 e. The molecule has 3 heteroatoms. The molecule has 3 aromatic rings. The minimum atomic E-state index is 0.0500. The van der Waals surface area contributed by atoms with Crippen molar-refractivity contribution >= 4 is 16.9 Å². The van der Waals surface area contributed by atoms with E-state index in [2.05, 4.69) is 59.9 Å². The quantitative estimate of drug-likeness (QED) is 0.465. The van der Waals surface area contributed by atoms with Gasteiger partial charge in [-0.3, -0.25) is 4.79 Å². The monoisotopic (exact) mass is 389 g/mol. The summed E-state index contributed by atoms with van der Waals surface area (Å²) >= 11 is 0. The van der Waals surface area contributed by atoms with Crippen molar-refractivity contribution < 1.29 is 9.21 Å². The Labute approximate surface area is 173 Å². The van der Waals surface area contributed by atoms with Crippen molar-refractivity contribution in [2.45, 2.75) is 51.9 Å². The van der Waals surface area contributed by atoms with Crippen LogP contribution in [0.25, 0.3) is 11.0 Å². The number of hydrogen-bond acceptors (Lipinski definition) is 2. The fraction of sp³-hybridized carbons (Fsp3) is 0.423. The lowest BCUT2D eigenvalue weighted by molar-refractivity contribution is -0.124. The summed E-state index contributed by atoms with van der Waals surface area (Å²) in [5.41, 5.74) is 3.78. The summed E-state index contributed by atoms with van der Waals surface area (Å²) in [5.74, 6) is 2.37. The average Bonchev–Trinajstić information content (AvgIpc) is 3.38. The zero-order valence-corrected chi connectivity index (χ0v) is 17.5. The third-order valence-corrected chi connectivity index (χ3v) is 6.01. The summed E-state index contributed by atoms with van der Waals surface area (Å²) in [6, 6.07) is 19.3. The van der Waals surface area contributed by atoms with Gasteiger partial charge in [-0.25, -0.2) is 0 Å². The maximum Gasteiger partial charge on any atom is 0.222 e. The first-order valence-corrected chi connectivity index (χ1v) is 10.9. The molecule has 0 bridgehead atoms. The Kier molecular flexibility index (Phi) is 6.03. The molecule has 1 aliphatic carbocycles. The van der Waals surface area contributed by atoms with E-state index in [0.29, 0.717) is 11.8 Å². The molecular weight excluding hydrogens is 358 g/mol. The molecule has 0 aliphatic heterocycles. The summed E-state index contributed by atoms with van der Waals surface area (Å²) < 4.78 is 6.13. The lowest BCUT2D eigenvalue weighted by Gasteiger charge is -2.07.